The molecule has 5 heteroatoms. The third-order valence-electron chi connectivity index (χ3n) is 2.56. The van der Waals surface area contributed by atoms with Gasteiger partial charge in [-0.05, 0) is 25.1 Å². The molecule has 0 unspecified atom stereocenters. The van der Waals surface area contributed by atoms with E-state index in [9.17, 15) is 4.39 Å². The Labute approximate surface area is 111 Å². The molecule has 0 aliphatic carbocycles. The molecule has 100 valence electrons. The fraction of sp³-hybridized carbons (Fsp3) is 0.214. The van der Waals surface area contributed by atoms with Gasteiger partial charge >= 0.3 is 0 Å². The summed E-state index contributed by atoms with van der Waals surface area (Å²) in [6.45, 7) is 2.84. The van der Waals surface area contributed by atoms with Gasteiger partial charge in [0.25, 0.3) is 0 Å². The Morgan fingerprint density at radius 1 is 1.21 bits per heavy atom. The second-order valence-electron chi connectivity index (χ2n) is 3.96. The summed E-state index contributed by atoms with van der Waals surface area (Å²) in [7, 11) is 1.51. The van der Waals surface area contributed by atoms with Gasteiger partial charge in [-0.15, -0.1) is 0 Å². The largest absolute Gasteiger partial charge is 0.494 e. The topological polar surface area (TPSA) is 46.2 Å². The molecule has 0 bridgehead atoms. The summed E-state index contributed by atoms with van der Waals surface area (Å²) in [5.74, 6) is 0.121. The van der Waals surface area contributed by atoms with Crippen LogP contribution in [0.1, 0.15) is 6.92 Å². The monoisotopic (exact) mass is 261 g/mol. The number of nitrogens with zero attached hydrogens (tertiary/aromatic N) is 1. The normalized spacial score (nSPS) is 10.1. The van der Waals surface area contributed by atoms with Crippen LogP contribution in [0, 0.1) is 5.82 Å². The minimum absolute atomic E-state index is 0.332. The molecule has 2 aromatic rings. The predicted molar refractivity (Wildman–Crippen MR) is 74.6 cm³/mol. The molecule has 0 spiro atoms. The summed E-state index contributed by atoms with van der Waals surface area (Å²) in [6, 6.07) is 6.28. The first-order valence-electron chi connectivity index (χ1n) is 6.02. The van der Waals surface area contributed by atoms with Crippen LogP contribution < -0.4 is 15.4 Å². The molecule has 0 fully saturated rings. The fourth-order valence-electron chi connectivity index (χ4n) is 1.73. The van der Waals surface area contributed by atoms with Crippen molar-refractivity contribution in [3.05, 3.63) is 42.5 Å². The number of benzene rings is 1. The number of hydrogen-bond acceptors (Lipinski definition) is 4. The number of methoxy groups -OCH3 is 1. The molecular formula is C14H16FN3O. The first kappa shape index (κ1) is 13.1. The summed E-state index contributed by atoms with van der Waals surface area (Å²) in [5, 5.41) is 6.33. The molecule has 0 amide bonds. The average Bonchev–Trinajstić information content (AvgIpc) is 2.41. The Balaban J connectivity index is 2.23. The Bertz CT molecular complexity index is 560. The molecule has 1 aromatic heterocycles. The Morgan fingerprint density at radius 2 is 2.00 bits per heavy atom. The smallest absolute Gasteiger partial charge is 0.145 e. The van der Waals surface area contributed by atoms with Crippen molar-refractivity contribution in [1.29, 1.82) is 0 Å². The van der Waals surface area contributed by atoms with E-state index in [2.05, 4.69) is 15.6 Å². The molecule has 2 rings (SSSR count). The van der Waals surface area contributed by atoms with E-state index in [0.29, 0.717) is 11.4 Å². The lowest BCUT2D eigenvalue weighted by Gasteiger charge is -2.12. The first-order chi connectivity index (χ1) is 9.22. The molecule has 0 aliphatic rings. The van der Waals surface area contributed by atoms with Crippen molar-refractivity contribution in [2.45, 2.75) is 6.92 Å². The summed E-state index contributed by atoms with van der Waals surface area (Å²) in [5.41, 5.74) is 2.43. The highest BCUT2D eigenvalue weighted by Crippen LogP contribution is 2.28. The van der Waals surface area contributed by atoms with Crippen LogP contribution in [0.15, 0.2) is 36.7 Å². The molecule has 2 N–H and O–H groups in total. The third kappa shape index (κ3) is 3.34. The van der Waals surface area contributed by atoms with E-state index >= 15 is 0 Å². The highest BCUT2D eigenvalue weighted by molar-refractivity contribution is 5.68. The van der Waals surface area contributed by atoms with Crippen LogP contribution >= 0.6 is 0 Å². The van der Waals surface area contributed by atoms with Crippen LogP contribution in [0.5, 0.6) is 5.75 Å². The highest BCUT2D eigenvalue weighted by atomic mass is 19.1. The number of anilines is 3. The van der Waals surface area contributed by atoms with Crippen molar-refractivity contribution in [1.82, 2.24) is 4.98 Å². The van der Waals surface area contributed by atoms with Crippen LogP contribution in [-0.4, -0.2) is 18.6 Å². The molecule has 1 aromatic carbocycles. The number of pyridine rings is 1. The SMILES string of the molecule is CCNc1cncc(Nc2ccc(F)cc2OC)c1. The Hall–Kier alpha value is -2.30. The van der Waals surface area contributed by atoms with Crippen molar-refractivity contribution in [3.8, 4) is 5.75 Å². The maximum atomic E-state index is 13.1. The molecule has 0 atom stereocenters. The second kappa shape index (κ2) is 6.04. The van der Waals surface area contributed by atoms with Gasteiger partial charge in [-0.25, -0.2) is 4.39 Å². The lowest BCUT2D eigenvalue weighted by Crippen LogP contribution is -1.99. The van der Waals surface area contributed by atoms with E-state index in [1.165, 1.54) is 19.2 Å². The number of ether oxygens (including phenoxy) is 1. The van der Waals surface area contributed by atoms with E-state index in [0.717, 1.165) is 17.9 Å². The minimum Gasteiger partial charge on any atom is -0.494 e. The minimum atomic E-state index is -0.332. The molecule has 1 heterocycles. The maximum Gasteiger partial charge on any atom is 0.145 e. The van der Waals surface area contributed by atoms with Gasteiger partial charge < -0.3 is 15.4 Å². The fourth-order valence-corrected chi connectivity index (χ4v) is 1.73. The van der Waals surface area contributed by atoms with Gasteiger partial charge in [0.1, 0.15) is 11.6 Å². The van der Waals surface area contributed by atoms with Crippen LogP contribution in [-0.2, 0) is 0 Å². The van der Waals surface area contributed by atoms with Crippen molar-refractivity contribution >= 4 is 17.1 Å². The molecule has 0 saturated heterocycles. The summed E-state index contributed by atoms with van der Waals surface area (Å²) >= 11 is 0. The maximum absolute atomic E-state index is 13.1. The zero-order valence-electron chi connectivity index (χ0n) is 10.9. The second-order valence-corrected chi connectivity index (χ2v) is 3.96. The highest BCUT2D eigenvalue weighted by Gasteiger charge is 2.05. The molecule has 19 heavy (non-hydrogen) atoms. The van der Waals surface area contributed by atoms with Crippen LogP contribution in [0.3, 0.4) is 0 Å². The lowest BCUT2D eigenvalue weighted by molar-refractivity contribution is 0.413. The van der Waals surface area contributed by atoms with Crippen molar-refractivity contribution < 1.29 is 9.13 Å². The molecule has 4 nitrogen and oxygen atoms in total. The summed E-state index contributed by atoms with van der Waals surface area (Å²) in [6.07, 6.45) is 3.44. The van der Waals surface area contributed by atoms with Gasteiger partial charge in [0, 0.05) is 12.6 Å². The van der Waals surface area contributed by atoms with Crippen molar-refractivity contribution in [2.24, 2.45) is 0 Å². The molecule has 0 radical (unpaired) electrons. The van der Waals surface area contributed by atoms with E-state index in [1.54, 1.807) is 18.5 Å². The van der Waals surface area contributed by atoms with Gasteiger partial charge in [-0.2, -0.15) is 0 Å². The van der Waals surface area contributed by atoms with E-state index in [1.807, 2.05) is 13.0 Å². The van der Waals surface area contributed by atoms with Crippen molar-refractivity contribution in [2.75, 3.05) is 24.3 Å². The van der Waals surface area contributed by atoms with E-state index in [-0.39, 0.29) is 5.82 Å². The summed E-state index contributed by atoms with van der Waals surface area (Å²) < 4.78 is 18.2. The molecule has 0 saturated carbocycles. The van der Waals surface area contributed by atoms with E-state index < -0.39 is 0 Å². The van der Waals surface area contributed by atoms with Gasteiger partial charge in [0.15, 0.2) is 0 Å². The zero-order chi connectivity index (χ0) is 13.7. The lowest BCUT2D eigenvalue weighted by atomic mass is 10.2. The zero-order valence-corrected chi connectivity index (χ0v) is 10.9. The number of nitrogens with one attached hydrogen (secondary N) is 2. The molecule has 0 aliphatic heterocycles. The van der Waals surface area contributed by atoms with Crippen LogP contribution in [0.2, 0.25) is 0 Å². The number of aromatic nitrogens is 1. The molecular weight excluding hydrogens is 245 g/mol. The van der Waals surface area contributed by atoms with Crippen LogP contribution in [0.4, 0.5) is 21.5 Å². The van der Waals surface area contributed by atoms with Gasteiger partial charge in [-0.1, -0.05) is 0 Å². The predicted octanol–water partition coefficient (Wildman–Crippen LogP) is 3.40. The van der Waals surface area contributed by atoms with Gasteiger partial charge in [-0.3, -0.25) is 4.98 Å². The summed E-state index contributed by atoms with van der Waals surface area (Å²) in [4.78, 5) is 4.13. The number of hydrogen-bond donors (Lipinski definition) is 2. The Kier molecular flexibility index (Phi) is 4.18. The third-order valence-corrected chi connectivity index (χ3v) is 2.56. The van der Waals surface area contributed by atoms with Crippen LogP contribution in [0.25, 0.3) is 0 Å². The standard InChI is InChI=1S/C14H16FN3O/c1-3-17-11-7-12(9-16-8-11)18-13-5-4-10(15)6-14(13)19-2/h4-9,17-18H,3H2,1-2H3. The van der Waals surface area contributed by atoms with E-state index in [4.69, 9.17) is 4.74 Å². The Morgan fingerprint density at radius 3 is 2.74 bits per heavy atom. The first-order valence-corrected chi connectivity index (χ1v) is 6.02. The number of halogens is 1. The van der Waals surface area contributed by atoms with Gasteiger partial charge in [0.2, 0.25) is 0 Å². The number of rotatable bonds is 5. The quantitative estimate of drug-likeness (QED) is 0.866. The average molecular weight is 261 g/mol. The van der Waals surface area contributed by atoms with Gasteiger partial charge in [0.05, 0.1) is 36.6 Å². The van der Waals surface area contributed by atoms with Crippen molar-refractivity contribution in [3.63, 3.8) is 0 Å².